The minimum Gasteiger partial charge on any atom is -0.383 e. The molecule has 0 fully saturated rings. The zero-order valence-electron chi connectivity index (χ0n) is 11.7. The van der Waals surface area contributed by atoms with Gasteiger partial charge in [0, 0.05) is 25.4 Å². The Hall–Kier alpha value is -1.20. The summed E-state index contributed by atoms with van der Waals surface area (Å²) in [7, 11) is 1.27. The predicted molar refractivity (Wildman–Crippen MR) is 74.0 cm³/mol. The summed E-state index contributed by atoms with van der Waals surface area (Å²) in [4.78, 5) is 0. The van der Waals surface area contributed by atoms with Crippen molar-refractivity contribution in [2.75, 3.05) is 32.1 Å². The van der Waals surface area contributed by atoms with E-state index < -0.39 is 12.5 Å². The Labute approximate surface area is 113 Å². The first-order valence-electron chi connectivity index (χ1n) is 6.34. The molecule has 0 amide bonds. The number of halogens is 2. The molecule has 3 nitrogen and oxygen atoms in total. The molecule has 0 radical (unpaired) electrons. The van der Waals surface area contributed by atoms with E-state index in [1.165, 1.54) is 7.11 Å². The molecule has 0 aliphatic heterocycles. The molecule has 1 unspecified atom stereocenters. The molecule has 0 bridgehead atoms. The smallest absolute Gasteiger partial charge is 0.283 e. The maximum atomic E-state index is 13.2. The van der Waals surface area contributed by atoms with Crippen LogP contribution < -0.4 is 10.6 Å². The van der Waals surface area contributed by atoms with Gasteiger partial charge in [-0.2, -0.15) is 0 Å². The molecule has 2 N–H and O–H groups in total. The lowest BCUT2D eigenvalue weighted by Gasteiger charge is -2.21. The summed E-state index contributed by atoms with van der Waals surface area (Å²) in [5, 5.41) is 6.05. The fourth-order valence-electron chi connectivity index (χ4n) is 1.69. The zero-order chi connectivity index (χ0) is 14.3. The molecule has 0 saturated carbocycles. The molecule has 0 aliphatic rings. The van der Waals surface area contributed by atoms with Crippen molar-refractivity contribution in [3.8, 4) is 0 Å². The minimum atomic E-state index is -2.83. The number of rotatable bonds is 8. The van der Waals surface area contributed by atoms with Crippen LogP contribution in [-0.2, 0) is 4.74 Å². The van der Waals surface area contributed by atoms with Crippen LogP contribution in [0.15, 0.2) is 24.3 Å². The van der Waals surface area contributed by atoms with Crippen molar-refractivity contribution in [3.05, 3.63) is 29.8 Å². The highest BCUT2D eigenvalue weighted by molar-refractivity contribution is 5.50. The van der Waals surface area contributed by atoms with E-state index in [4.69, 9.17) is 0 Å². The van der Waals surface area contributed by atoms with E-state index in [9.17, 15) is 8.78 Å². The van der Waals surface area contributed by atoms with Gasteiger partial charge in [0.1, 0.15) is 6.61 Å². The van der Waals surface area contributed by atoms with Gasteiger partial charge in [-0.05, 0) is 25.5 Å². The molecule has 1 rings (SSSR count). The highest BCUT2D eigenvalue weighted by Crippen LogP contribution is 2.14. The second kappa shape index (κ2) is 7.40. The number of benzene rings is 1. The fraction of sp³-hybridized carbons (Fsp3) is 0.571. The van der Waals surface area contributed by atoms with Gasteiger partial charge in [0.2, 0.25) is 0 Å². The predicted octanol–water partition coefficient (Wildman–Crippen LogP) is 2.67. The second-order valence-electron chi connectivity index (χ2n) is 4.77. The van der Waals surface area contributed by atoms with Crippen molar-refractivity contribution in [1.82, 2.24) is 5.32 Å². The monoisotopic (exact) mass is 272 g/mol. The quantitative estimate of drug-likeness (QED) is 0.763. The Balaban J connectivity index is 2.32. The highest BCUT2D eigenvalue weighted by atomic mass is 19.3. The molecule has 0 heterocycles. The van der Waals surface area contributed by atoms with Crippen LogP contribution in [-0.4, -0.2) is 38.8 Å². The van der Waals surface area contributed by atoms with Crippen LogP contribution in [0, 0.1) is 6.92 Å². The van der Waals surface area contributed by atoms with Gasteiger partial charge >= 0.3 is 0 Å². The Morgan fingerprint density at radius 1 is 1.32 bits per heavy atom. The third-order valence-corrected chi connectivity index (χ3v) is 2.81. The maximum Gasteiger partial charge on any atom is 0.283 e. The van der Waals surface area contributed by atoms with E-state index in [2.05, 4.69) is 15.4 Å². The van der Waals surface area contributed by atoms with E-state index in [0.717, 1.165) is 11.3 Å². The lowest BCUT2D eigenvalue weighted by atomic mass is 10.2. The second-order valence-corrected chi connectivity index (χ2v) is 4.77. The van der Waals surface area contributed by atoms with E-state index in [0.29, 0.717) is 6.54 Å². The minimum absolute atomic E-state index is 0.0534. The number of nitrogens with one attached hydrogen (secondary N) is 2. The first-order chi connectivity index (χ1) is 8.94. The van der Waals surface area contributed by atoms with Crippen molar-refractivity contribution < 1.29 is 13.5 Å². The molecular weight excluding hydrogens is 250 g/mol. The number of methoxy groups -OCH3 is 1. The standard InChI is InChI=1S/C14H22F2N2O/c1-11-6-4-5-7-13(11)17-8-12(2)18-9-14(15,16)10-19-3/h4-7,12,17-18H,8-10H2,1-3H3. The van der Waals surface area contributed by atoms with Crippen LogP contribution in [0.3, 0.4) is 0 Å². The number of alkyl halides is 2. The first-order valence-corrected chi connectivity index (χ1v) is 6.34. The summed E-state index contributed by atoms with van der Waals surface area (Å²) in [5.74, 6) is -2.83. The Kier molecular flexibility index (Phi) is 6.18. The van der Waals surface area contributed by atoms with E-state index >= 15 is 0 Å². The Bertz CT molecular complexity index is 385. The third kappa shape index (κ3) is 5.98. The normalized spacial score (nSPS) is 13.3. The lowest BCUT2D eigenvalue weighted by molar-refractivity contribution is -0.0627. The van der Waals surface area contributed by atoms with E-state index in [-0.39, 0.29) is 12.6 Å². The Morgan fingerprint density at radius 2 is 2.00 bits per heavy atom. The molecule has 1 atom stereocenters. The first kappa shape index (κ1) is 15.9. The lowest BCUT2D eigenvalue weighted by Crippen LogP contribution is -2.43. The van der Waals surface area contributed by atoms with E-state index in [1.807, 2.05) is 38.1 Å². The summed E-state index contributed by atoms with van der Waals surface area (Å²) in [6.07, 6.45) is 0. The highest BCUT2D eigenvalue weighted by Gasteiger charge is 2.28. The van der Waals surface area contributed by atoms with Gasteiger partial charge in [-0.15, -0.1) is 0 Å². The van der Waals surface area contributed by atoms with Crippen molar-refractivity contribution in [2.45, 2.75) is 25.8 Å². The maximum absolute atomic E-state index is 13.2. The number of hydrogen-bond donors (Lipinski definition) is 2. The van der Waals surface area contributed by atoms with Crippen molar-refractivity contribution in [2.24, 2.45) is 0 Å². The number of aryl methyl sites for hydroxylation is 1. The fourth-order valence-corrected chi connectivity index (χ4v) is 1.69. The summed E-state index contributed by atoms with van der Waals surface area (Å²) in [6.45, 7) is 3.53. The van der Waals surface area contributed by atoms with Gasteiger partial charge in [-0.1, -0.05) is 18.2 Å². The number of hydrogen-bond acceptors (Lipinski definition) is 3. The van der Waals surface area contributed by atoms with Crippen LogP contribution in [0.2, 0.25) is 0 Å². The number of anilines is 1. The third-order valence-electron chi connectivity index (χ3n) is 2.81. The van der Waals surface area contributed by atoms with Crippen molar-refractivity contribution in [3.63, 3.8) is 0 Å². The van der Waals surface area contributed by atoms with Gasteiger partial charge in [-0.25, -0.2) is 8.78 Å². The average molecular weight is 272 g/mol. The average Bonchev–Trinajstić information content (AvgIpc) is 2.35. The largest absolute Gasteiger partial charge is 0.383 e. The van der Waals surface area contributed by atoms with Gasteiger partial charge < -0.3 is 15.4 Å². The van der Waals surface area contributed by atoms with Crippen LogP contribution in [0.5, 0.6) is 0 Å². The molecule has 0 saturated heterocycles. The topological polar surface area (TPSA) is 33.3 Å². The van der Waals surface area contributed by atoms with Crippen LogP contribution in [0.1, 0.15) is 12.5 Å². The summed E-state index contributed by atoms with van der Waals surface area (Å²) >= 11 is 0. The molecule has 1 aromatic carbocycles. The van der Waals surface area contributed by atoms with Crippen LogP contribution in [0.25, 0.3) is 0 Å². The summed E-state index contributed by atoms with van der Waals surface area (Å²) < 4.78 is 30.9. The van der Waals surface area contributed by atoms with Crippen molar-refractivity contribution >= 4 is 5.69 Å². The summed E-state index contributed by atoms with van der Waals surface area (Å²) in [6, 6.07) is 7.84. The summed E-state index contributed by atoms with van der Waals surface area (Å²) in [5.41, 5.74) is 2.17. The molecular formula is C14H22F2N2O. The van der Waals surface area contributed by atoms with Gasteiger partial charge in [0.05, 0.1) is 6.54 Å². The van der Waals surface area contributed by atoms with Crippen LogP contribution in [0.4, 0.5) is 14.5 Å². The van der Waals surface area contributed by atoms with Gasteiger partial charge in [-0.3, -0.25) is 0 Å². The molecule has 19 heavy (non-hydrogen) atoms. The van der Waals surface area contributed by atoms with Gasteiger partial charge in [0.25, 0.3) is 5.92 Å². The molecule has 0 aromatic heterocycles. The molecule has 5 heteroatoms. The number of ether oxygens (including phenoxy) is 1. The number of para-hydroxylation sites is 1. The van der Waals surface area contributed by atoms with E-state index in [1.54, 1.807) is 0 Å². The van der Waals surface area contributed by atoms with Gasteiger partial charge in [0.15, 0.2) is 0 Å². The van der Waals surface area contributed by atoms with Crippen molar-refractivity contribution in [1.29, 1.82) is 0 Å². The zero-order valence-corrected chi connectivity index (χ0v) is 11.7. The molecule has 1 aromatic rings. The van der Waals surface area contributed by atoms with Crippen LogP contribution >= 0.6 is 0 Å². The molecule has 0 aliphatic carbocycles. The Morgan fingerprint density at radius 3 is 2.63 bits per heavy atom. The SMILES string of the molecule is COCC(F)(F)CNC(C)CNc1ccccc1C. The molecule has 0 spiro atoms. The molecule has 108 valence electrons.